The Hall–Kier alpha value is -1.63. The number of ether oxygens (including phenoxy) is 1. The third-order valence-corrected chi connectivity index (χ3v) is 1.21. The molecule has 0 saturated carbocycles. The molecule has 0 bridgehead atoms. The minimum absolute atomic E-state index is 0.0292. The Balaban J connectivity index is 3.82. The predicted molar refractivity (Wildman–Crippen MR) is 42.1 cm³/mol. The van der Waals surface area contributed by atoms with Crippen molar-refractivity contribution in [2.75, 3.05) is 0 Å². The number of esters is 1. The maximum absolute atomic E-state index is 10.8. The van der Waals surface area contributed by atoms with E-state index in [2.05, 4.69) is 10.5 Å². The number of rotatable bonds is 4. The van der Waals surface area contributed by atoms with Crippen LogP contribution in [0, 0.1) is 0 Å². The summed E-state index contributed by atoms with van der Waals surface area (Å²) in [7, 11) is 0. The molecule has 0 aromatic rings. The molecule has 0 aliphatic heterocycles. The molecule has 0 aliphatic carbocycles. The lowest BCUT2D eigenvalue weighted by atomic mass is 10.2. The topological polar surface area (TPSA) is 138 Å². The third kappa shape index (κ3) is 5.62. The SMILES string of the molecule is NC(=O)CCC(N)C(=O)OC(N)=O. The zero-order valence-electron chi connectivity index (χ0n) is 6.86. The van der Waals surface area contributed by atoms with Crippen LogP contribution in [0.1, 0.15) is 12.8 Å². The highest BCUT2D eigenvalue weighted by atomic mass is 16.6. The molecule has 0 aromatic carbocycles. The molecule has 74 valence electrons. The zero-order valence-corrected chi connectivity index (χ0v) is 6.86. The van der Waals surface area contributed by atoms with E-state index in [-0.39, 0.29) is 12.8 Å². The summed E-state index contributed by atoms with van der Waals surface area (Å²) in [5.74, 6) is -1.55. The van der Waals surface area contributed by atoms with Gasteiger partial charge >= 0.3 is 12.1 Å². The molecule has 0 radical (unpaired) electrons. The van der Waals surface area contributed by atoms with Gasteiger partial charge in [-0.2, -0.15) is 0 Å². The number of hydrogen-bond acceptors (Lipinski definition) is 5. The molecule has 0 spiro atoms. The van der Waals surface area contributed by atoms with Gasteiger partial charge in [0.25, 0.3) is 0 Å². The Labute approximate surface area is 74.2 Å². The van der Waals surface area contributed by atoms with Gasteiger partial charge in [0.05, 0.1) is 0 Å². The zero-order chi connectivity index (χ0) is 10.4. The number of carbonyl (C=O) groups excluding carboxylic acids is 3. The molecule has 2 amide bonds. The van der Waals surface area contributed by atoms with E-state index in [1.54, 1.807) is 0 Å². The molecule has 6 N–H and O–H groups in total. The van der Waals surface area contributed by atoms with Crippen molar-refractivity contribution in [2.45, 2.75) is 18.9 Å². The van der Waals surface area contributed by atoms with Crippen LogP contribution in [0.5, 0.6) is 0 Å². The van der Waals surface area contributed by atoms with Crippen molar-refractivity contribution in [1.82, 2.24) is 0 Å². The van der Waals surface area contributed by atoms with Gasteiger partial charge in [-0.1, -0.05) is 0 Å². The normalized spacial score (nSPS) is 11.8. The van der Waals surface area contributed by atoms with Gasteiger partial charge in [-0.15, -0.1) is 0 Å². The van der Waals surface area contributed by atoms with Gasteiger partial charge in [-0.05, 0) is 6.42 Å². The van der Waals surface area contributed by atoms with Crippen LogP contribution >= 0.6 is 0 Å². The molecule has 13 heavy (non-hydrogen) atoms. The summed E-state index contributed by atoms with van der Waals surface area (Å²) in [6, 6.07) is -1.06. The van der Waals surface area contributed by atoms with Crippen LogP contribution in [0.25, 0.3) is 0 Å². The summed E-state index contributed by atoms with van der Waals surface area (Å²) in [4.78, 5) is 31.1. The predicted octanol–water partition coefficient (Wildman–Crippen LogP) is -1.80. The minimum Gasteiger partial charge on any atom is -0.375 e. The van der Waals surface area contributed by atoms with Crippen molar-refractivity contribution >= 4 is 18.0 Å². The molecule has 7 nitrogen and oxygen atoms in total. The number of amides is 2. The van der Waals surface area contributed by atoms with Crippen molar-refractivity contribution in [2.24, 2.45) is 17.2 Å². The van der Waals surface area contributed by atoms with E-state index in [9.17, 15) is 14.4 Å². The Morgan fingerprint density at radius 3 is 2.15 bits per heavy atom. The highest BCUT2D eigenvalue weighted by Crippen LogP contribution is 1.96. The second-order valence-electron chi connectivity index (χ2n) is 2.35. The van der Waals surface area contributed by atoms with E-state index in [0.717, 1.165) is 0 Å². The van der Waals surface area contributed by atoms with E-state index in [1.807, 2.05) is 0 Å². The van der Waals surface area contributed by atoms with Gasteiger partial charge in [0.1, 0.15) is 6.04 Å². The Kier molecular flexibility index (Phi) is 4.45. The van der Waals surface area contributed by atoms with Crippen LogP contribution in [-0.2, 0) is 14.3 Å². The van der Waals surface area contributed by atoms with E-state index in [4.69, 9.17) is 11.5 Å². The summed E-state index contributed by atoms with van der Waals surface area (Å²) in [5.41, 5.74) is 14.6. The van der Waals surface area contributed by atoms with Crippen LogP contribution in [0.15, 0.2) is 0 Å². The number of nitrogens with two attached hydrogens (primary N) is 3. The molecular formula is C6H11N3O4. The maximum atomic E-state index is 10.8. The lowest BCUT2D eigenvalue weighted by Gasteiger charge is -2.06. The molecule has 0 fully saturated rings. The van der Waals surface area contributed by atoms with E-state index in [1.165, 1.54) is 0 Å². The first-order valence-corrected chi connectivity index (χ1v) is 3.48. The molecular weight excluding hydrogens is 178 g/mol. The van der Waals surface area contributed by atoms with Gasteiger partial charge in [0.15, 0.2) is 0 Å². The molecule has 0 heterocycles. The van der Waals surface area contributed by atoms with Gasteiger partial charge in [-0.3, -0.25) is 4.79 Å². The standard InChI is InChI=1S/C6H11N3O4/c7-3(1-2-4(8)10)5(11)13-6(9)12/h3H,1-2,7H2,(H2,8,10)(H2,9,12). The Morgan fingerprint density at radius 2 is 1.77 bits per heavy atom. The van der Waals surface area contributed by atoms with Crippen LogP contribution in [0.4, 0.5) is 4.79 Å². The van der Waals surface area contributed by atoms with Crippen molar-refractivity contribution < 1.29 is 19.1 Å². The molecule has 1 unspecified atom stereocenters. The number of hydrogen-bond donors (Lipinski definition) is 3. The van der Waals surface area contributed by atoms with Crippen LogP contribution in [0.3, 0.4) is 0 Å². The quantitative estimate of drug-likeness (QED) is 0.353. The fraction of sp³-hybridized carbons (Fsp3) is 0.500. The lowest BCUT2D eigenvalue weighted by Crippen LogP contribution is -2.36. The van der Waals surface area contributed by atoms with Gasteiger partial charge in [0.2, 0.25) is 5.91 Å². The second-order valence-corrected chi connectivity index (χ2v) is 2.35. The van der Waals surface area contributed by atoms with Gasteiger partial charge in [0, 0.05) is 6.42 Å². The van der Waals surface area contributed by atoms with E-state index >= 15 is 0 Å². The Bertz CT molecular complexity index is 228. The average Bonchev–Trinajstić information content (AvgIpc) is 1.98. The van der Waals surface area contributed by atoms with Crippen molar-refractivity contribution in [3.05, 3.63) is 0 Å². The minimum atomic E-state index is -1.22. The third-order valence-electron chi connectivity index (χ3n) is 1.21. The molecule has 1 atom stereocenters. The summed E-state index contributed by atoms with van der Waals surface area (Å²) < 4.78 is 3.97. The number of carbonyl (C=O) groups is 3. The fourth-order valence-corrected chi connectivity index (χ4v) is 0.590. The van der Waals surface area contributed by atoms with E-state index < -0.39 is 24.0 Å². The van der Waals surface area contributed by atoms with Crippen molar-refractivity contribution in [3.8, 4) is 0 Å². The van der Waals surface area contributed by atoms with Crippen LogP contribution < -0.4 is 17.2 Å². The average molecular weight is 189 g/mol. The van der Waals surface area contributed by atoms with Gasteiger partial charge in [-0.25, -0.2) is 9.59 Å². The van der Waals surface area contributed by atoms with Gasteiger partial charge < -0.3 is 21.9 Å². The fourth-order valence-electron chi connectivity index (χ4n) is 0.590. The van der Waals surface area contributed by atoms with Crippen LogP contribution in [-0.4, -0.2) is 24.0 Å². The first-order valence-electron chi connectivity index (χ1n) is 3.48. The highest BCUT2D eigenvalue weighted by Gasteiger charge is 2.17. The van der Waals surface area contributed by atoms with E-state index in [0.29, 0.717) is 0 Å². The highest BCUT2D eigenvalue weighted by molar-refractivity contribution is 5.87. The molecule has 0 aliphatic rings. The Morgan fingerprint density at radius 1 is 1.23 bits per heavy atom. The smallest absolute Gasteiger partial charge is 0.375 e. The summed E-state index contributed by atoms with van der Waals surface area (Å²) >= 11 is 0. The molecule has 0 aromatic heterocycles. The lowest BCUT2D eigenvalue weighted by molar-refractivity contribution is -0.138. The first kappa shape index (κ1) is 11.4. The monoisotopic (exact) mass is 189 g/mol. The van der Waals surface area contributed by atoms with Crippen molar-refractivity contribution in [1.29, 1.82) is 0 Å². The van der Waals surface area contributed by atoms with Crippen molar-refractivity contribution in [3.63, 3.8) is 0 Å². The van der Waals surface area contributed by atoms with Crippen LogP contribution in [0.2, 0.25) is 0 Å². The summed E-state index contributed by atoms with van der Waals surface area (Å²) in [6.45, 7) is 0. The maximum Gasteiger partial charge on any atom is 0.412 e. The first-order chi connectivity index (χ1) is 5.93. The molecule has 7 heteroatoms. The molecule has 0 saturated heterocycles. The second kappa shape index (κ2) is 5.09. The largest absolute Gasteiger partial charge is 0.412 e. The summed E-state index contributed by atoms with van der Waals surface area (Å²) in [6.07, 6.45) is -1.24. The summed E-state index contributed by atoms with van der Waals surface area (Å²) in [5, 5.41) is 0. The number of primary amides is 2. The molecule has 0 rings (SSSR count).